The van der Waals surface area contributed by atoms with Crippen molar-refractivity contribution in [1.29, 1.82) is 0 Å². The number of Topliss-reactive ketones (excluding diaryl/α,β-unsaturated/α-hetero) is 1. The molecule has 11 heavy (non-hydrogen) atoms. The maximum absolute atomic E-state index is 10.4. The third-order valence-electron chi connectivity index (χ3n) is 1.17. The molecule has 0 aromatic carbocycles. The molecule has 0 aromatic rings. The van der Waals surface area contributed by atoms with Gasteiger partial charge in [0.25, 0.3) is 0 Å². The minimum Gasteiger partial charge on any atom is -0.546 e. The summed E-state index contributed by atoms with van der Waals surface area (Å²) >= 11 is 0. The molecule has 0 aliphatic heterocycles. The van der Waals surface area contributed by atoms with E-state index in [9.17, 15) is 14.7 Å². The van der Waals surface area contributed by atoms with Crippen LogP contribution in [0.15, 0.2) is 0 Å². The van der Waals surface area contributed by atoms with E-state index in [1.54, 1.807) is 0 Å². The summed E-state index contributed by atoms with van der Waals surface area (Å²) in [4.78, 5) is 20.4. The Morgan fingerprint density at radius 1 is 1.36 bits per heavy atom. The van der Waals surface area contributed by atoms with E-state index in [0.717, 1.165) is 0 Å². The maximum atomic E-state index is 10.4. The molecule has 0 bridgehead atoms. The van der Waals surface area contributed by atoms with Gasteiger partial charge in [0.05, 0.1) is 12.6 Å². The van der Waals surface area contributed by atoms with Crippen molar-refractivity contribution < 1.29 is 30.0 Å². The van der Waals surface area contributed by atoms with Crippen LogP contribution in [0.2, 0.25) is 0 Å². The van der Waals surface area contributed by atoms with E-state index in [2.05, 4.69) is 0 Å². The summed E-state index contributed by atoms with van der Waals surface area (Å²) in [5.74, 6) is -3.53. The highest BCUT2D eigenvalue weighted by atomic mass is 16.4. The summed E-state index contributed by atoms with van der Waals surface area (Å²) in [7, 11) is 0. The van der Waals surface area contributed by atoms with E-state index < -0.39 is 30.6 Å². The number of carboxylic acids is 1. The molecule has 3 N–H and O–H groups in total. The summed E-state index contributed by atoms with van der Waals surface area (Å²) in [6, 6.07) is 0. The predicted molar refractivity (Wildman–Crippen MR) is 29.1 cm³/mol. The lowest BCUT2D eigenvalue weighted by atomic mass is 10.0. The highest BCUT2D eigenvalue weighted by molar-refractivity contribution is 6.06. The number of hydrogen-bond donors (Lipinski definition) is 3. The van der Waals surface area contributed by atoms with Crippen LogP contribution < -0.4 is 5.11 Å². The summed E-state index contributed by atoms with van der Waals surface area (Å²) < 4.78 is 0. The minimum absolute atomic E-state index is 1.16. The van der Waals surface area contributed by atoms with E-state index in [0.29, 0.717) is 0 Å². The van der Waals surface area contributed by atoms with Crippen LogP contribution in [0.1, 0.15) is 0 Å². The van der Waals surface area contributed by atoms with Crippen molar-refractivity contribution in [3.63, 3.8) is 0 Å². The fourth-order valence-electron chi connectivity index (χ4n) is 0.397. The van der Waals surface area contributed by atoms with Crippen molar-refractivity contribution in [2.75, 3.05) is 13.2 Å². The van der Waals surface area contributed by atoms with Crippen molar-refractivity contribution in [3.8, 4) is 0 Å². The Kier molecular flexibility index (Phi) is 3.12. The van der Waals surface area contributed by atoms with Crippen LogP contribution in [0.25, 0.3) is 0 Å². The Bertz CT molecular complexity index is 176. The molecule has 0 heterocycles. The topological polar surface area (TPSA) is 118 Å². The number of carbonyl (C=O) groups excluding carboxylic acids is 2. The molecule has 0 rings (SSSR count). The molecule has 0 saturated heterocycles. The number of ketones is 1. The van der Waals surface area contributed by atoms with Gasteiger partial charge < -0.3 is 25.2 Å². The average Bonchev–Trinajstić information content (AvgIpc) is 2.01. The zero-order valence-electron chi connectivity index (χ0n) is 5.48. The predicted octanol–water partition coefficient (Wildman–Crippen LogP) is -3.98. The van der Waals surface area contributed by atoms with Gasteiger partial charge in [-0.3, -0.25) is 4.79 Å². The Morgan fingerprint density at radius 3 is 1.91 bits per heavy atom. The summed E-state index contributed by atoms with van der Waals surface area (Å²) in [5.41, 5.74) is -2.98. The van der Waals surface area contributed by atoms with Crippen molar-refractivity contribution in [2.45, 2.75) is 5.60 Å². The monoisotopic (exact) mass is 163 g/mol. The normalized spacial score (nSPS) is 15.5. The number of aliphatic hydroxyl groups is 3. The third kappa shape index (κ3) is 1.73. The fourth-order valence-corrected chi connectivity index (χ4v) is 0.397. The van der Waals surface area contributed by atoms with Crippen molar-refractivity contribution in [1.82, 2.24) is 0 Å². The molecule has 0 radical (unpaired) electrons. The quantitative estimate of drug-likeness (QED) is 0.364. The van der Waals surface area contributed by atoms with Gasteiger partial charge in [0, 0.05) is 0 Å². The van der Waals surface area contributed by atoms with Gasteiger partial charge in [0.15, 0.2) is 11.4 Å². The highest BCUT2D eigenvalue weighted by Gasteiger charge is 2.35. The molecule has 0 aromatic heterocycles. The molecule has 6 heteroatoms. The molecule has 0 aliphatic rings. The van der Waals surface area contributed by atoms with Crippen LogP contribution in [0.4, 0.5) is 0 Å². The highest BCUT2D eigenvalue weighted by Crippen LogP contribution is 2.02. The van der Waals surface area contributed by atoms with E-state index in [-0.39, 0.29) is 0 Å². The SMILES string of the molecule is O=C([O-])[C@@](O)(CO)C(=O)CO. The Morgan fingerprint density at radius 2 is 1.82 bits per heavy atom. The molecule has 0 saturated carbocycles. The molecule has 0 amide bonds. The molecule has 0 spiro atoms. The van der Waals surface area contributed by atoms with Crippen LogP contribution in [-0.2, 0) is 9.59 Å². The van der Waals surface area contributed by atoms with Crippen LogP contribution in [0, 0.1) is 0 Å². The minimum atomic E-state index is -2.98. The summed E-state index contributed by atoms with van der Waals surface area (Å²) in [5, 5.41) is 35.1. The van der Waals surface area contributed by atoms with Gasteiger partial charge in [-0.2, -0.15) is 0 Å². The van der Waals surface area contributed by atoms with Gasteiger partial charge in [-0.15, -0.1) is 0 Å². The molecule has 64 valence electrons. The Hall–Kier alpha value is -0.980. The lowest BCUT2D eigenvalue weighted by Crippen LogP contribution is -2.57. The third-order valence-corrected chi connectivity index (χ3v) is 1.17. The second-order valence-corrected chi connectivity index (χ2v) is 1.89. The lowest BCUT2D eigenvalue weighted by Gasteiger charge is -2.23. The van der Waals surface area contributed by atoms with Crippen LogP contribution in [-0.4, -0.2) is 45.9 Å². The van der Waals surface area contributed by atoms with Crippen LogP contribution in [0.5, 0.6) is 0 Å². The van der Waals surface area contributed by atoms with Gasteiger partial charge in [-0.05, 0) is 0 Å². The second kappa shape index (κ2) is 3.42. The molecular formula is C5H7O6-. The molecular weight excluding hydrogens is 156 g/mol. The zero-order chi connectivity index (χ0) is 9.07. The molecule has 0 aliphatic carbocycles. The summed E-state index contributed by atoms with van der Waals surface area (Å²) in [6.45, 7) is -2.47. The number of aliphatic hydroxyl groups excluding tert-OH is 2. The number of carbonyl (C=O) groups is 2. The van der Waals surface area contributed by atoms with Crippen molar-refractivity contribution >= 4 is 11.8 Å². The smallest absolute Gasteiger partial charge is 0.197 e. The number of carboxylic acid groups (broad SMARTS) is 1. The van der Waals surface area contributed by atoms with Crippen molar-refractivity contribution in [3.05, 3.63) is 0 Å². The second-order valence-electron chi connectivity index (χ2n) is 1.89. The van der Waals surface area contributed by atoms with Gasteiger partial charge >= 0.3 is 0 Å². The number of aliphatic carboxylic acids is 1. The fraction of sp³-hybridized carbons (Fsp3) is 0.600. The standard InChI is InChI=1S/C5H8O6/c6-1-3(8)5(11,2-7)4(9)10/h6-7,11H,1-2H2,(H,9,10)/p-1/t5-/m1/s1. The Balaban J connectivity index is 4.59. The molecule has 0 fully saturated rings. The van der Waals surface area contributed by atoms with E-state index in [1.165, 1.54) is 0 Å². The number of hydrogen-bond acceptors (Lipinski definition) is 6. The first-order valence-electron chi connectivity index (χ1n) is 2.68. The van der Waals surface area contributed by atoms with Gasteiger partial charge in [0.2, 0.25) is 0 Å². The molecule has 1 atom stereocenters. The largest absolute Gasteiger partial charge is 0.546 e. The average molecular weight is 163 g/mol. The maximum Gasteiger partial charge on any atom is 0.197 e. The van der Waals surface area contributed by atoms with Gasteiger partial charge in [0.1, 0.15) is 6.61 Å². The van der Waals surface area contributed by atoms with Crippen molar-refractivity contribution in [2.24, 2.45) is 0 Å². The van der Waals surface area contributed by atoms with Crippen LogP contribution >= 0.6 is 0 Å². The Labute approximate surface area is 61.7 Å². The first kappa shape index (κ1) is 10.0. The first-order chi connectivity index (χ1) is 4.99. The van der Waals surface area contributed by atoms with E-state index in [4.69, 9.17) is 15.3 Å². The van der Waals surface area contributed by atoms with E-state index in [1.807, 2.05) is 0 Å². The number of rotatable bonds is 4. The first-order valence-corrected chi connectivity index (χ1v) is 2.68. The summed E-state index contributed by atoms with van der Waals surface area (Å²) in [6.07, 6.45) is 0. The van der Waals surface area contributed by atoms with E-state index >= 15 is 0 Å². The van der Waals surface area contributed by atoms with Crippen LogP contribution in [0.3, 0.4) is 0 Å². The zero-order valence-corrected chi connectivity index (χ0v) is 5.48. The molecule has 0 unspecified atom stereocenters. The lowest BCUT2D eigenvalue weighted by molar-refractivity contribution is -0.323. The molecule has 6 nitrogen and oxygen atoms in total. The van der Waals surface area contributed by atoms with Gasteiger partial charge in [-0.1, -0.05) is 0 Å². The van der Waals surface area contributed by atoms with Gasteiger partial charge in [-0.25, -0.2) is 0 Å².